The highest BCUT2D eigenvalue weighted by Gasteiger charge is 2.16. The topological polar surface area (TPSA) is 85.8 Å². The lowest BCUT2D eigenvalue weighted by Crippen LogP contribution is -2.19. The Morgan fingerprint density at radius 1 is 1.47 bits per heavy atom. The third-order valence-corrected chi connectivity index (χ3v) is 4.13. The summed E-state index contributed by atoms with van der Waals surface area (Å²) < 4.78 is 1.51. The van der Waals surface area contributed by atoms with Gasteiger partial charge < -0.3 is 11.1 Å². The van der Waals surface area contributed by atoms with Crippen LogP contribution in [-0.2, 0) is 24.2 Å². The molecule has 2 aromatic heterocycles. The van der Waals surface area contributed by atoms with Crippen LogP contribution >= 0.6 is 11.3 Å². The molecule has 1 amide bonds. The van der Waals surface area contributed by atoms with E-state index in [4.69, 9.17) is 5.73 Å². The van der Waals surface area contributed by atoms with E-state index in [9.17, 15) is 4.79 Å². The second kappa shape index (κ2) is 5.00. The summed E-state index contributed by atoms with van der Waals surface area (Å²) in [6.45, 7) is 0.154. The summed E-state index contributed by atoms with van der Waals surface area (Å²) >= 11 is 1.58. The molecule has 19 heavy (non-hydrogen) atoms. The molecule has 0 spiro atoms. The fourth-order valence-corrected chi connectivity index (χ4v) is 3.24. The van der Waals surface area contributed by atoms with Gasteiger partial charge in [-0.15, -0.1) is 11.3 Å². The van der Waals surface area contributed by atoms with E-state index < -0.39 is 0 Å². The quantitative estimate of drug-likeness (QED) is 0.889. The molecule has 1 aliphatic rings. The molecule has 7 heteroatoms. The van der Waals surface area contributed by atoms with Crippen LogP contribution in [0.4, 0.5) is 10.9 Å². The van der Waals surface area contributed by atoms with E-state index in [1.807, 2.05) is 0 Å². The number of hydrogen-bond acceptors (Lipinski definition) is 5. The van der Waals surface area contributed by atoms with Gasteiger partial charge in [0.1, 0.15) is 12.4 Å². The van der Waals surface area contributed by atoms with E-state index in [0.717, 1.165) is 18.5 Å². The summed E-state index contributed by atoms with van der Waals surface area (Å²) in [6, 6.07) is 1.66. The molecule has 3 N–H and O–H groups in total. The van der Waals surface area contributed by atoms with Gasteiger partial charge in [-0.3, -0.25) is 9.48 Å². The summed E-state index contributed by atoms with van der Waals surface area (Å²) in [4.78, 5) is 17.6. The number of nitrogens with zero attached hydrogens (tertiary/aromatic N) is 3. The normalized spacial score (nSPS) is 14.1. The minimum absolute atomic E-state index is 0.130. The van der Waals surface area contributed by atoms with Crippen molar-refractivity contribution in [3.8, 4) is 0 Å². The molecule has 0 atom stereocenters. The van der Waals surface area contributed by atoms with Gasteiger partial charge in [0, 0.05) is 11.1 Å². The van der Waals surface area contributed by atoms with Gasteiger partial charge in [0.05, 0.1) is 5.69 Å². The zero-order valence-electron chi connectivity index (χ0n) is 10.4. The number of rotatable bonds is 3. The Morgan fingerprint density at radius 3 is 3.05 bits per heavy atom. The van der Waals surface area contributed by atoms with E-state index in [-0.39, 0.29) is 12.5 Å². The number of hydrogen-bond donors (Lipinski definition) is 2. The Hall–Kier alpha value is -1.89. The van der Waals surface area contributed by atoms with Crippen molar-refractivity contribution in [2.24, 2.45) is 0 Å². The van der Waals surface area contributed by atoms with E-state index in [0.29, 0.717) is 10.9 Å². The van der Waals surface area contributed by atoms with Crippen molar-refractivity contribution in [1.29, 1.82) is 0 Å². The van der Waals surface area contributed by atoms with Gasteiger partial charge in [-0.25, -0.2) is 4.98 Å². The lowest BCUT2D eigenvalue weighted by molar-refractivity contribution is -0.116. The fourth-order valence-electron chi connectivity index (χ4n) is 2.18. The smallest absolute Gasteiger partial charge is 0.247 e. The van der Waals surface area contributed by atoms with Crippen LogP contribution in [0, 0.1) is 0 Å². The highest BCUT2D eigenvalue weighted by atomic mass is 32.1. The van der Waals surface area contributed by atoms with Crippen molar-refractivity contribution in [3.05, 3.63) is 22.8 Å². The summed E-state index contributed by atoms with van der Waals surface area (Å²) in [7, 11) is 0. The van der Waals surface area contributed by atoms with Crippen molar-refractivity contribution in [2.75, 3.05) is 11.1 Å². The first-order chi connectivity index (χ1) is 9.20. The lowest BCUT2D eigenvalue weighted by Gasteiger charge is -2.06. The highest BCUT2D eigenvalue weighted by Crippen LogP contribution is 2.29. The number of carbonyl (C=O) groups is 1. The summed E-state index contributed by atoms with van der Waals surface area (Å²) in [6.07, 6.45) is 6.20. The number of aromatic nitrogens is 3. The molecule has 100 valence electrons. The predicted octanol–water partition coefficient (Wildman–Crippen LogP) is 1.44. The number of amides is 1. The van der Waals surface area contributed by atoms with Crippen LogP contribution < -0.4 is 11.1 Å². The van der Waals surface area contributed by atoms with Gasteiger partial charge in [-0.1, -0.05) is 0 Å². The predicted molar refractivity (Wildman–Crippen MR) is 74.0 cm³/mol. The second-order valence-electron chi connectivity index (χ2n) is 4.58. The minimum Gasteiger partial charge on any atom is -0.382 e. The van der Waals surface area contributed by atoms with Crippen molar-refractivity contribution >= 4 is 28.2 Å². The van der Waals surface area contributed by atoms with Crippen molar-refractivity contribution in [3.63, 3.8) is 0 Å². The number of nitrogen functional groups attached to an aromatic ring is 1. The lowest BCUT2D eigenvalue weighted by atomic mass is 10.0. The molecule has 0 radical (unpaired) electrons. The van der Waals surface area contributed by atoms with Crippen LogP contribution in [0.3, 0.4) is 0 Å². The number of carbonyl (C=O) groups excluding carboxylic acids is 1. The van der Waals surface area contributed by atoms with Crippen LogP contribution in [0.2, 0.25) is 0 Å². The van der Waals surface area contributed by atoms with Crippen molar-refractivity contribution < 1.29 is 4.79 Å². The monoisotopic (exact) mass is 277 g/mol. The molecule has 6 nitrogen and oxygen atoms in total. The Labute approximate surface area is 114 Å². The Bertz CT molecular complexity index is 580. The number of aryl methyl sites for hydroxylation is 2. The van der Waals surface area contributed by atoms with Gasteiger partial charge in [0.15, 0.2) is 5.13 Å². The standard InChI is InChI=1S/C12H15N5OS/c13-10-5-6-17(16-10)7-11(18)15-12-14-8-3-1-2-4-9(8)19-12/h5-6H,1-4,7H2,(H2,13,16)(H,14,15,18). The maximum Gasteiger partial charge on any atom is 0.247 e. The van der Waals surface area contributed by atoms with Gasteiger partial charge >= 0.3 is 0 Å². The van der Waals surface area contributed by atoms with Crippen LogP contribution in [0.15, 0.2) is 12.3 Å². The molecule has 0 saturated heterocycles. The number of anilines is 2. The molecule has 2 heterocycles. The number of fused-ring (bicyclic) bond motifs is 1. The highest BCUT2D eigenvalue weighted by molar-refractivity contribution is 7.15. The van der Waals surface area contributed by atoms with Crippen LogP contribution in [0.25, 0.3) is 0 Å². The van der Waals surface area contributed by atoms with Gasteiger partial charge in [0.25, 0.3) is 0 Å². The first kappa shape index (κ1) is 12.2. The molecule has 0 saturated carbocycles. The maximum atomic E-state index is 11.9. The van der Waals surface area contributed by atoms with E-state index in [1.54, 1.807) is 23.6 Å². The van der Waals surface area contributed by atoms with Crippen molar-refractivity contribution in [2.45, 2.75) is 32.2 Å². The third-order valence-electron chi connectivity index (χ3n) is 3.06. The minimum atomic E-state index is -0.130. The number of nitrogens with two attached hydrogens (primary N) is 1. The van der Waals surface area contributed by atoms with Gasteiger partial charge in [-0.2, -0.15) is 5.10 Å². The Kier molecular flexibility index (Phi) is 3.20. The first-order valence-electron chi connectivity index (χ1n) is 6.28. The molecule has 1 aliphatic carbocycles. The molecule has 3 rings (SSSR count). The fraction of sp³-hybridized carbons (Fsp3) is 0.417. The summed E-state index contributed by atoms with van der Waals surface area (Å²) in [5.41, 5.74) is 6.65. The zero-order chi connectivity index (χ0) is 13.2. The SMILES string of the molecule is Nc1ccn(CC(=O)Nc2nc3c(s2)CCCC3)n1. The molecule has 0 fully saturated rings. The molecule has 0 aromatic carbocycles. The molecule has 2 aromatic rings. The van der Waals surface area contributed by atoms with Gasteiger partial charge in [0.2, 0.25) is 5.91 Å². The Morgan fingerprint density at radius 2 is 2.32 bits per heavy atom. The van der Waals surface area contributed by atoms with Gasteiger partial charge in [-0.05, 0) is 31.7 Å². The molecule has 0 bridgehead atoms. The molecule has 0 unspecified atom stereocenters. The summed E-state index contributed by atoms with van der Waals surface area (Å²) in [5, 5.41) is 7.49. The molecule has 0 aliphatic heterocycles. The number of thiazole rings is 1. The zero-order valence-corrected chi connectivity index (χ0v) is 11.2. The Balaban J connectivity index is 1.64. The van der Waals surface area contributed by atoms with E-state index in [1.165, 1.54) is 22.4 Å². The molecular weight excluding hydrogens is 262 g/mol. The third kappa shape index (κ3) is 2.76. The summed E-state index contributed by atoms with van der Waals surface area (Å²) in [5.74, 6) is 0.284. The van der Waals surface area contributed by atoms with E-state index in [2.05, 4.69) is 15.4 Å². The maximum absolute atomic E-state index is 11.9. The molecular formula is C12H15N5OS. The largest absolute Gasteiger partial charge is 0.382 e. The average Bonchev–Trinajstić information content (AvgIpc) is 2.94. The van der Waals surface area contributed by atoms with E-state index >= 15 is 0 Å². The van der Waals surface area contributed by atoms with Crippen LogP contribution in [0.1, 0.15) is 23.4 Å². The average molecular weight is 277 g/mol. The van der Waals surface area contributed by atoms with Crippen LogP contribution in [-0.4, -0.2) is 20.7 Å². The van der Waals surface area contributed by atoms with Crippen LogP contribution in [0.5, 0.6) is 0 Å². The first-order valence-corrected chi connectivity index (χ1v) is 7.10. The second-order valence-corrected chi connectivity index (χ2v) is 5.67. The number of nitrogens with one attached hydrogen (secondary N) is 1. The van der Waals surface area contributed by atoms with Crippen molar-refractivity contribution in [1.82, 2.24) is 14.8 Å².